The smallest absolute Gasteiger partial charge is 0.262 e. The third-order valence-electron chi connectivity index (χ3n) is 4.38. The van der Waals surface area contributed by atoms with Crippen LogP contribution in [-0.2, 0) is 16.4 Å². The average molecular weight is 327 g/mol. The molecule has 1 N–H and O–H groups in total. The van der Waals surface area contributed by atoms with Gasteiger partial charge in [-0.15, -0.1) is 11.7 Å². The molecule has 2 rings (SSSR count). The highest BCUT2D eigenvalue weighted by atomic mass is 32.2. The van der Waals surface area contributed by atoms with Crippen LogP contribution >= 0.6 is 0 Å². The summed E-state index contributed by atoms with van der Waals surface area (Å²) in [6.45, 7) is 8.14. The SMILES string of the molecule is C=CCn1c(S(=O)(=O)CCC2C[C@@H](C)C[C@@H](C)C2)n[nH]c1=O. The van der Waals surface area contributed by atoms with Gasteiger partial charge in [0, 0.05) is 6.54 Å². The second kappa shape index (κ2) is 6.81. The molecule has 1 aromatic heterocycles. The molecule has 1 fully saturated rings. The van der Waals surface area contributed by atoms with Gasteiger partial charge in [-0.2, -0.15) is 0 Å². The van der Waals surface area contributed by atoms with Crippen molar-refractivity contribution < 1.29 is 8.42 Å². The average Bonchev–Trinajstić information content (AvgIpc) is 2.79. The fourth-order valence-electron chi connectivity index (χ4n) is 3.59. The normalized spacial score (nSPS) is 26.0. The van der Waals surface area contributed by atoms with Crippen molar-refractivity contribution in [3.8, 4) is 0 Å². The van der Waals surface area contributed by atoms with Crippen LogP contribution in [0.3, 0.4) is 0 Å². The minimum Gasteiger partial charge on any atom is -0.262 e. The van der Waals surface area contributed by atoms with Crippen LogP contribution in [-0.4, -0.2) is 28.9 Å². The highest BCUT2D eigenvalue weighted by Crippen LogP contribution is 2.35. The van der Waals surface area contributed by atoms with Gasteiger partial charge in [-0.3, -0.25) is 4.57 Å². The minimum atomic E-state index is -3.55. The molecule has 0 aliphatic heterocycles. The lowest BCUT2D eigenvalue weighted by Gasteiger charge is -2.31. The number of aromatic amines is 1. The zero-order chi connectivity index (χ0) is 16.3. The molecule has 124 valence electrons. The van der Waals surface area contributed by atoms with E-state index in [4.69, 9.17) is 0 Å². The maximum atomic E-state index is 12.5. The largest absolute Gasteiger partial charge is 0.344 e. The van der Waals surface area contributed by atoms with Gasteiger partial charge in [-0.05, 0) is 43.4 Å². The molecule has 7 heteroatoms. The van der Waals surface area contributed by atoms with E-state index < -0.39 is 15.5 Å². The number of H-pyrrole nitrogens is 1. The second-order valence-corrected chi connectivity index (χ2v) is 8.60. The molecule has 22 heavy (non-hydrogen) atoms. The van der Waals surface area contributed by atoms with Crippen LogP contribution in [0.4, 0.5) is 0 Å². The van der Waals surface area contributed by atoms with E-state index in [0.717, 1.165) is 17.4 Å². The van der Waals surface area contributed by atoms with Gasteiger partial charge in [0.15, 0.2) is 0 Å². The van der Waals surface area contributed by atoms with Crippen LogP contribution in [0.5, 0.6) is 0 Å². The molecule has 0 bridgehead atoms. The summed E-state index contributed by atoms with van der Waals surface area (Å²) in [7, 11) is -3.55. The fourth-order valence-corrected chi connectivity index (χ4v) is 5.10. The summed E-state index contributed by atoms with van der Waals surface area (Å²) in [4.78, 5) is 11.6. The first-order valence-electron chi connectivity index (χ1n) is 7.82. The summed E-state index contributed by atoms with van der Waals surface area (Å²) in [6, 6.07) is 0. The van der Waals surface area contributed by atoms with E-state index in [9.17, 15) is 13.2 Å². The molecule has 0 aromatic carbocycles. The van der Waals surface area contributed by atoms with Crippen LogP contribution in [0.15, 0.2) is 22.6 Å². The van der Waals surface area contributed by atoms with Gasteiger partial charge in [0.25, 0.3) is 0 Å². The van der Waals surface area contributed by atoms with Crippen molar-refractivity contribution in [1.82, 2.24) is 14.8 Å². The Morgan fingerprint density at radius 2 is 1.95 bits per heavy atom. The van der Waals surface area contributed by atoms with Crippen molar-refractivity contribution >= 4 is 9.84 Å². The molecule has 1 heterocycles. The monoisotopic (exact) mass is 327 g/mol. The lowest BCUT2D eigenvalue weighted by molar-refractivity contribution is 0.215. The zero-order valence-electron chi connectivity index (χ0n) is 13.3. The quantitative estimate of drug-likeness (QED) is 0.810. The van der Waals surface area contributed by atoms with Crippen LogP contribution in [0.25, 0.3) is 0 Å². The molecule has 0 amide bonds. The Bertz CT molecular complexity index is 664. The summed E-state index contributed by atoms with van der Waals surface area (Å²) < 4.78 is 26.1. The highest BCUT2D eigenvalue weighted by molar-refractivity contribution is 7.91. The van der Waals surface area contributed by atoms with E-state index in [1.165, 1.54) is 12.5 Å². The van der Waals surface area contributed by atoms with Gasteiger partial charge in [-0.1, -0.05) is 19.9 Å². The van der Waals surface area contributed by atoms with Crippen molar-refractivity contribution in [3.05, 3.63) is 23.1 Å². The first-order valence-corrected chi connectivity index (χ1v) is 9.47. The van der Waals surface area contributed by atoms with Crippen LogP contribution in [0.2, 0.25) is 0 Å². The van der Waals surface area contributed by atoms with Gasteiger partial charge in [0.2, 0.25) is 15.0 Å². The van der Waals surface area contributed by atoms with Gasteiger partial charge in [0.05, 0.1) is 5.75 Å². The molecule has 3 atom stereocenters. The predicted molar refractivity (Wildman–Crippen MR) is 85.4 cm³/mol. The fraction of sp³-hybridized carbons (Fsp3) is 0.733. The lowest BCUT2D eigenvalue weighted by atomic mass is 9.76. The van der Waals surface area contributed by atoms with E-state index in [1.54, 1.807) is 0 Å². The maximum Gasteiger partial charge on any atom is 0.344 e. The molecule has 1 saturated carbocycles. The highest BCUT2D eigenvalue weighted by Gasteiger charge is 2.28. The number of hydrogen-bond donors (Lipinski definition) is 1. The summed E-state index contributed by atoms with van der Waals surface area (Å²) in [5.41, 5.74) is -0.515. The Kier molecular flexibility index (Phi) is 5.26. The van der Waals surface area contributed by atoms with Gasteiger partial charge in [0.1, 0.15) is 0 Å². The number of allylic oxidation sites excluding steroid dienone is 1. The van der Waals surface area contributed by atoms with Crippen molar-refractivity contribution in [2.75, 3.05) is 5.75 Å². The molecule has 1 aliphatic rings. The molecule has 0 saturated heterocycles. The van der Waals surface area contributed by atoms with E-state index in [0.29, 0.717) is 24.2 Å². The molecule has 1 aromatic rings. The molecule has 0 spiro atoms. The third-order valence-corrected chi connectivity index (χ3v) is 6.03. The number of aromatic nitrogens is 3. The second-order valence-electron chi connectivity index (χ2n) is 6.60. The van der Waals surface area contributed by atoms with E-state index in [1.807, 2.05) is 0 Å². The van der Waals surface area contributed by atoms with Crippen molar-refractivity contribution in [2.24, 2.45) is 17.8 Å². The Balaban J connectivity index is 2.08. The van der Waals surface area contributed by atoms with Gasteiger partial charge < -0.3 is 0 Å². The third kappa shape index (κ3) is 3.88. The Hall–Kier alpha value is -1.37. The number of hydrogen-bond acceptors (Lipinski definition) is 4. The number of nitrogens with one attached hydrogen (secondary N) is 1. The number of rotatable bonds is 6. The van der Waals surface area contributed by atoms with Crippen LogP contribution < -0.4 is 5.69 Å². The molecular weight excluding hydrogens is 302 g/mol. The Labute approximate surface area is 131 Å². The molecule has 0 radical (unpaired) electrons. The number of sulfone groups is 1. The van der Waals surface area contributed by atoms with Crippen LogP contribution in [0.1, 0.15) is 39.5 Å². The van der Waals surface area contributed by atoms with Gasteiger partial charge >= 0.3 is 5.69 Å². The maximum absolute atomic E-state index is 12.5. The first kappa shape index (κ1) is 17.0. The molecule has 1 aliphatic carbocycles. The molecule has 1 unspecified atom stereocenters. The first-order chi connectivity index (χ1) is 10.3. The summed E-state index contributed by atoms with van der Waals surface area (Å²) in [5.74, 6) is 1.78. The summed E-state index contributed by atoms with van der Waals surface area (Å²) in [6.07, 6.45) is 5.51. The topological polar surface area (TPSA) is 84.8 Å². The summed E-state index contributed by atoms with van der Waals surface area (Å²) >= 11 is 0. The van der Waals surface area contributed by atoms with Crippen molar-refractivity contribution in [3.63, 3.8) is 0 Å². The van der Waals surface area contributed by atoms with E-state index in [-0.39, 0.29) is 17.5 Å². The summed E-state index contributed by atoms with van der Waals surface area (Å²) in [5, 5.41) is 5.73. The van der Waals surface area contributed by atoms with E-state index >= 15 is 0 Å². The minimum absolute atomic E-state index is 0.0402. The van der Waals surface area contributed by atoms with Crippen molar-refractivity contribution in [2.45, 2.75) is 51.2 Å². The van der Waals surface area contributed by atoms with Crippen LogP contribution in [0, 0.1) is 17.8 Å². The lowest BCUT2D eigenvalue weighted by Crippen LogP contribution is -2.24. The van der Waals surface area contributed by atoms with Crippen molar-refractivity contribution in [1.29, 1.82) is 0 Å². The van der Waals surface area contributed by atoms with E-state index in [2.05, 4.69) is 30.6 Å². The molecular formula is C15H25N3O3S. The van der Waals surface area contributed by atoms with Gasteiger partial charge in [-0.25, -0.2) is 18.3 Å². The number of nitrogens with zero attached hydrogens (tertiary/aromatic N) is 2. The zero-order valence-corrected chi connectivity index (χ0v) is 14.1. The Morgan fingerprint density at radius 1 is 1.32 bits per heavy atom. The standard InChI is InChI=1S/C15H25N3O3S/c1-4-6-18-14(19)16-17-15(18)22(20,21)7-5-13-9-11(2)8-12(3)10-13/h4,11-13H,1,5-10H2,2-3H3,(H,16,19)/t11-,12+,13?. The Morgan fingerprint density at radius 3 is 2.55 bits per heavy atom. The predicted octanol–water partition coefficient (Wildman–Crippen LogP) is 1.99. The molecule has 6 nitrogen and oxygen atoms in total.